The maximum absolute atomic E-state index is 4.57. The molecule has 2 rings (SSSR count). The highest BCUT2D eigenvalue weighted by atomic mass is 15.0. The number of pyridine rings is 1. The van der Waals surface area contributed by atoms with Crippen molar-refractivity contribution < 1.29 is 0 Å². The van der Waals surface area contributed by atoms with Crippen LogP contribution in [0, 0.1) is 6.92 Å². The first kappa shape index (κ1) is 11.8. The fourth-order valence-corrected chi connectivity index (χ4v) is 1.66. The van der Waals surface area contributed by atoms with Gasteiger partial charge in [0.25, 0.3) is 0 Å². The van der Waals surface area contributed by atoms with Gasteiger partial charge in [-0.15, -0.1) is 0 Å². The first-order chi connectivity index (χ1) is 8.16. The molecule has 4 nitrogen and oxygen atoms in total. The molecule has 2 aromatic heterocycles. The molecule has 0 aliphatic carbocycles. The van der Waals surface area contributed by atoms with E-state index < -0.39 is 0 Å². The van der Waals surface area contributed by atoms with Crippen LogP contribution in [0.15, 0.2) is 24.4 Å². The van der Waals surface area contributed by atoms with Crippen molar-refractivity contribution in [2.75, 3.05) is 0 Å². The zero-order valence-corrected chi connectivity index (χ0v) is 10.5. The molecule has 2 heterocycles. The number of aromatic nitrogens is 3. The molecule has 0 saturated carbocycles. The van der Waals surface area contributed by atoms with Crippen molar-refractivity contribution in [3.8, 4) is 11.4 Å². The fourth-order valence-electron chi connectivity index (χ4n) is 1.66. The molecule has 0 spiro atoms. The summed E-state index contributed by atoms with van der Waals surface area (Å²) in [6, 6.07) is 6.32. The maximum atomic E-state index is 4.57. The summed E-state index contributed by atoms with van der Waals surface area (Å²) in [5, 5.41) is 3.34. The molecule has 2 aromatic rings. The van der Waals surface area contributed by atoms with Gasteiger partial charge in [-0.1, -0.05) is 19.9 Å². The van der Waals surface area contributed by atoms with E-state index >= 15 is 0 Å². The third kappa shape index (κ3) is 2.91. The van der Waals surface area contributed by atoms with Crippen molar-refractivity contribution in [3.05, 3.63) is 35.9 Å². The lowest BCUT2D eigenvalue weighted by Crippen LogP contribution is -2.22. The van der Waals surface area contributed by atoms with Crippen molar-refractivity contribution >= 4 is 0 Å². The van der Waals surface area contributed by atoms with Gasteiger partial charge in [0.2, 0.25) is 0 Å². The molecule has 0 atom stereocenters. The van der Waals surface area contributed by atoms with E-state index in [4.69, 9.17) is 0 Å². The second-order valence-electron chi connectivity index (χ2n) is 4.41. The van der Waals surface area contributed by atoms with Crippen LogP contribution in [-0.2, 0) is 6.54 Å². The Balaban J connectivity index is 2.20. The van der Waals surface area contributed by atoms with Crippen LogP contribution in [0.25, 0.3) is 11.4 Å². The van der Waals surface area contributed by atoms with Gasteiger partial charge in [-0.2, -0.15) is 0 Å². The summed E-state index contributed by atoms with van der Waals surface area (Å²) in [7, 11) is 0. The fraction of sp³-hybridized carbons (Fsp3) is 0.385. The van der Waals surface area contributed by atoms with Crippen LogP contribution >= 0.6 is 0 Å². The predicted molar refractivity (Wildman–Crippen MR) is 68.5 cm³/mol. The van der Waals surface area contributed by atoms with Gasteiger partial charge in [-0.25, -0.2) is 4.98 Å². The molecule has 0 unspecified atom stereocenters. The molecule has 0 radical (unpaired) electrons. The van der Waals surface area contributed by atoms with Gasteiger partial charge in [0, 0.05) is 17.9 Å². The van der Waals surface area contributed by atoms with Gasteiger partial charge in [-0.3, -0.25) is 4.98 Å². The highest BCUT2D eigenvalue weighted by molar-refractivity contribution is 5.56. The maximum Gasteiger partial charge on any atom is 0.121 e. The number of hydrogen-bond donors (Lipinski definition) is 2. The minimum atomic E-state index is 0.457. The summed E-state index contributed by atoms with van der Waals surface area (Å²) in [6.45, 7) is 7.02. The lowest BCUT2D eigenvalue weighted by atomic mass is 10.2. The quantitative estimate of drug-likeness (QED) is 0.847. The average molecular weight is 230 g/mol. The SMILES string of the molecule is Cc1[nH]c(CNC(C)C)nc1-c1ccccn1. The zero-order valence-electron chi connectivity index (χ0n) is 10.5. The number of rotatable bonds is 4. The van der Waals surface area contributed by atoms with Gasteiger partial charge < -0.3 is 10.3 Å². The minimum Gasteiger partial charge on any atom is -0.344 e. The molecular formula is C13H18N4. The number of aryl methyl sites for hydroxylation is 1. The summed E-state index contributed by atoms with van der Waals surface area (Å²) < 4.78 is 0. The monoisotopic (exact) mass is 230 g/mol. The van der Waals surface area contributed by atoms with E-state index in [0.717, 1.165) is 29.5 Å². The molecule has 0 aromatic carbocycles. The van der Waals surface area contributed by atoms with Gasteiger partial charge in [0.1, 0.15) is 11.5 Å². The Bertz CT molecular complexity index is 473. The number of imidazole rings is 1. The molecule has 2 N–H and O–H groups in total. The number of nitrogens with one attached hydrogen (secondary N) is 2. The van der Waals surface area contributed by atoms with Crippen LogP contribution in [0.3, 0.4) is 0 Å². The van der Waals surface area contributed by atoms with Crippen LogP contribution in [0.4, 0.5) is 0 Å². The van der Waals surface area contributed by atoms with Gasteiger partial charge >= 0.3 is 0 Å². The van der Waals surface area contributed by atoms with Crippen molar-refractivity contribution in [1.29, 1.82) is 0 Å². The van der Waals surface area contributed by atoms with Crippen molar-refractivity contribution in [2.24, 2.45) is 0 Å². The zero-order chi connectivity index (χ0) is 12.3. The van der Waals surface area contributed by atoms with E-state index in [1.807, 2.05) is 25.1 Å². The van der Waals surface area contributed by atoms with Crippen LogP contribution < -0.4 is 5.32 Å². The van der Waals surface area contributed by atoms with Crippen molar-refractivity contribution in [2.45, 2.75) is 33.4 Å². The van der Waals surface area contributed by atoms with E-state index in [9.17, 15) is 0 Å². The Morgan fingerprint density at radius 3 is 2.82 bits per heavy atom. The Hall–Kier alpha value is -1.68. The molecular weight excluding hydrogens is 212 g/mol. The minimum absolute atomic E-state index is 0.457. The third-order valence-corrected chi connectivity index (χ3v) is 2.52. The molecule has 0 aliphatic rings. The van der Waals surface area contributed by atoms with Crippen LogP contribution in [0.1, 0.15) is 25.4 Å². The highest BCUT2D eigenvalue weighted by Crippen LogP contribution is 2.18. The van der Waals surface area contributed by atoms with Gasteiger partial charge in [0.15, 0.2) is 0 Å². The summed E-state index contributed by atoms with van der Waals surface area (Å²) in [5.74, 6) is 0.955. The number of nitrogens with zero attached hydrogens (tertiary/aromatic N) is 2. The van der Waals surface area contributed by atoms with Crippen molar-refractivity contribution in [3.63, 3.8) is 0 Å². The Kier molecular flexibility index (Phi) is 3.54. The van der Waals surface area contributed by atoms with Gasteiger partial charge in [-0.05, 0) is 19.1 Å². The first-order valence-electron chi connectivity index (χ1n) is 5.87. The van der Waals surface area contributed by atoms with E-state index in [2.05, 4.69) is 34.1 Å². The molecule has 90 valence electrons. The second-order valence-corrected chi connectivity index (χ2v) is 4.41. The van der Waals surface area contributed by atoms with E-state index in [1.165, 1.54) is 0 Å². The van der Waals surface area contributed by atoms with Crippen LogP contribution in [-0.4, -0.2) is 21.0 Å². The Morgan fingerprint density at radius 2 is 2.18 bits per heavy atom. The van der Waals surface area contributed by atoms with Crippen LogP contribution in [0.2, 0.25) is 0 Å². The van der Waals surface area contributed by atoms with E-state index in [1.54, 1.807) is 6.20 Å². The smallest absolute Gasteiger partial charge is 0.121 e. The number of H-pyrrole nitrogens is 1. The average Bonchev–Trinajstić information content (AvgIpc) is 2.69. The standard InChI is InChI=1S/C13H18N4/c1-9(2)15-8-12-16-10(3)13(17-12)11-6-4-5-7-14-11/h4-7,9,15H,8H2,1-3H3,(H,16,17). The van der Waals surface area contributed by atoms with E-state index in [-0.39, 0.29) is 0 Å². The molecule has 0 fully saturated rings. The molecule has 17 heavy (non-hydrogen) atoms. The number of aromatic amines is 1. The Morgan fingerprint density at radius 1 is 1.35 bits per heavy atom. The van der Waals surface area contributed by atoms with Crippen molar-refractivity contribution in [1.82, 2.24) is 20.3 Å². The summed E-state index contributed by atoms with van der Waals surface area (Å²) in [4.78, 5) is 12.2. The summed E-state index contributed by atoms with van der Waals surface area (Å²) in [5.41, 5.74) is 2.91. The van der Waals surface area contributed by atoms with Crippen LogP contribution in [0.5, 0.6) is 0 Å². The first-order valence-corrected chi connectivity index (χ1v) is 5.87. The summed E-state index contributed by atoms with van der Waals surface area (Å²) >= 11 is 0. The summed E-state index contributed by atoms with van der Waals surface area (Å²) in [6.07, 6.45) is 1.79. The third-order valence-electron chi connectivity index (χ3n) is 2.52. The molecule has 0 bridgehead atoms. The number of hydrogen-bond acceptors (Lipinski definition) is 3. The topological polar surface area (TPSA) is 53.6 Å². The van der Waals surface area contributed by atoms with Gasteiger partial charge in [0.05, 0.1) is 12.2 Å². The highest BCUT2D eigenvalue weighted by Gasteiger charge is 2.09. The molecule has 0 aliphatic heterocycles. The molecule has 4 heteroatoms. The molecule has 0 saturated heterocycles. The predicted octanol–water partition coefficient (Wildman–Crippen LogP) is 2.28. The molecule has 0 amide bonds. The largest absolute Gasteiger partial charge is 0.344 e. The normalized spacial score (nSPS) is 11.1. The lowest BCUT2D eigenvalue weighted by Gasteiger charge is -2.04. The second kappa shape index (κ2) is 5.10. The lowest BCUT2D eigenvalue weighted by molar-refractivity contribution is 0.575. The van der Waals surface area contributed by atoms with E-state index in [0.29, 0.717) is 6.04 Å². The Labute approximate surface area is 102 Å².